The number of nitrogens with one attached hydrogen (secondary N) is 1. The molecule has 1 N–H and O–H groups in total. The zero-order valence-corrected chi connectivity index (χ0v) is 12.1. The molecule has 2 atom stereocenters. The van der Waals surface area contributed by atoms with Gasteiger partial charge in [-0.3, -0.25) is 0 Å². The Labute approximate surface area is 115 Å². The van der Waals surface area contributed by atoms with E-state index < -0.39 is 0 Å². The summed E-state index contributed by atoms with van der Waals surface area (Å²) in [5, 5.41) is 3.70. The summed E-state index contributed by atoms with van der Waals surface area (Å²) in [6.45, 7) is 7.05. The van der Waals surface area contributed by atoms with E-state index in [0.29, 0.717) is 17.5 Å². The van der Waals surface area contributed by atoms with Crippen LogP contribution in [0.4, 0.5) is 5.69 Å². The van der Waals surface area contributed by atoms with Gasteiger partial charge in [-0.15, -0.1) is 0 Å². The predicted octanol–water partition coefficient (Wildman–Crippen LogP) is 2.66. The third-order valence-electron chi connectivity index (χ3n) is 4.66. The van der Waals surface area contributed by atoms with Crippen molar-refractivity contribution in [3.63, 3.8) is 0 Å². The van der Waals surface area contributed by atoms with Gasteiger partial charge in [0.2, 0.25) is 0 Å². The van der Waals surface area contributed by atoms with E-state index in [1.807, 2.05) is 0 Å². The van der Waals surface area contributed by atoms with Crippen LogP contribution in [0.25, 0.3) is 0 Å². The van der Waals surface area contributed by atoms with Crippen molar-refractivity contribution in [2.24, 2.45) is 5.41 Å². The van der Waals surface area contributed by atoms with Gasteiger partial charge in [-0.1, -0.05) is 13.8 Å². The van der Waals surface area contributed by atoms with Crippen molar-refractivity contribution in [2.45, 2.75) is 38.8 Å². The van der Waals surface area contributed by atoms with Crippen LogP contribution in [-0.4, -0.2) is 32.3 Å². The Balaban J connectivity index is 1.89. The van der Waals surface area contributed by atoms with Crippen molar-refractivity contribution in [3.05, 3.63) is 24.3 Å². The van der Waals surface area contributed by atoms with Gasteiger partial charge in [0.05, 0.1) is 13.2 Å². The summed E-state index contributed by atoms with van der Waals surface area (Å²) in [7, 11) is 1.72. The van der Waals surface area contributed by atoms with E-state index in [0.717, 1.165) is 12.3 Å². The van der Waals surface area contributed by atoms with Gasteiger partial charge in [-0.05, 0) is 42.5 Å². The number of methoxy groups -OCH3 is 1. The molecule has 3 rings (SSSR count). The minimum Gasteiger partial charge on any atom is -0.497 e. The molecule has 3 heteroatoms. The van der Waals surface area contributed by atoms with E-state index in [4.69, 9.17) is 4.74 Å². The number of ether oxygens (including phenoxy) is 1. The second-order valence-electron chi connectivity index (χ2n) is 6.45. The number of piperidine rings is 1. The van der Waals surface area contributed by atoms with E-state index >= 15 is 0 Å². The first-order valence-electron chi connectivity index (χ1n) is 7.26. The Kier molecular flexibility index (Phi) is 3.17. The zero-order chi connectivity index (χ0) is 13.5. The van der Waals surface area contributed by atoms with Gasteiger partial charge in [0.1, 0.15) is 5.75 Å². The molecule has 19 heavy (non-hydrogen) atoms. The molecule has 104 valence electrons. The lowest BCUT2D eigenvalue weighted by Crippen LogP contribution is -2.53. The average Bonchev–Trinajstić information content (AvgIpc) is 2.75. The smallest absolute Gasteiger partial charge is 0.119 e. The first-order valence-corrected chi connectivity index (χ1v) is 7.26. The topological polar surface area (TPSA) is 24.5 Å². The highest BCUT2D eigenvalue weighted by molar-refractivity contribution is 5.51. The average molecular weight is 260 g/mol. The number of benzene rings is 1. The summed E-state index contributed by atoms with van der Waals surface area (Å²) in [5.41, 5.74) is 1.66. The monoisotopic (exact) mass is 260 g/mol. The van der Waals surface area contributed by atoms with Gasteiger partial charge < -0.3 is 15.0 Å². The van der Waals surface area contributed by atoms with Crippen LogP contribution in [0, 0.1) is 5.41 Å². The summed E-state index contributed by atoms with van der Waals surface area (Å²) >= 11 is 0. The van der Waals surface area contributed by atoms with Crippen molar-refractivity contribution in [1.29, 1.82) is 0 Å². The van der Waals surface area contributed by atoms with Crippen LogP contribution in [0.1, 0.15) is 26.7 Å². The van der Waals surface area contributed by atoms with E-state index in [-0.39, 0.29) is 0 Å². The summed E-state index contributed by atoms with van der Waals surface area (Å²) in [6.07, 6.45) is 2.58. The second-order valence-corrected chi connectivity index (χ2v) is 6.45. The molecule has 0 spiro atoms. The van der Waals surface area contributed by atoms with Crippen LogP contribution in [0.3, 0.4) is 0 Å². The second kappa shape index (κ2) is 4.71. The molecule has 0 bridgehead atoms. The van der Waals surface area contributed by atoms with E-state index in [1.165, 1.54) is 25.1 Å². The molecule has 2 unspecified atom stereocenters. The van der Waals surface area contributed by atoms with Crippen LogP contribution in [0.15, 0.2) is 24.3 Å². The quantitative estimate of drug-likeness (QED) is 0.885. The maximum atomic E-state index is 5.25. The first kappa shape index (κ1) is 12.8. The van der Waals surface area contributed by atoms with E-state index in [2.05, 4.69) is 48.3 Å². The fraction of sp³-hybridized carbons (Fsp3) is 0.625. The van der Waals surface area contributed by atoms with Crippen LogP contribution in [0.2, 0.25) is 0 Å². The number of hydrogen-bond donors (Lipinski definition) is 1. The normalized spacial score (nSPS) is 29.1. The number of hydrogen-bond acceptors (Lipinski definition) is 3. The summed E-state index contributed by atoms with van der Waals surface area (Å²) in [4.78, 5) is 2.59. The maximum Gasteiger partial charge on any atom is 0.119 e. The maximum absolute atomic E-state index is 5.25. The molecule has 2 aliphatic rings. The molecule has 2 fully saturated rings. The molecular formula is C16H24N2O. The molecule has 2 heterocycles. The van der Waals surface area contributed by atoms with Gasteiger partial charge >= 0.3 is 0 Å². The minimum absolute atomic E-state index is 0.338. The highest BCUT2D eigenvalue weighted by Crippen LogP contribution is 2.39. The van der Waals surface area contributed by atoms with Crippen molar-refractivity contribution >= 4 is 5.69 Å². The Morgan fingerprint density at radius 2 is 2.00 bits per heavy atom. The zero-order valence-electron chi connectivity index (χ0n) is 12.1. The van der Waals surface area contributed by atoms with Gasteiger partial charge in [0.25, 0.3) is 0 Å². The molecule has 1 aromatic rings. The first-order chi connectivity index (χ1) is 9.12. The lowest BCUT2D eigenvalue weighted by atomic mass is 9.80. The van der Waals surface area contributed by atoms with Crippen molar-refractivity contribution < 1.29 is 4.74 Å². The molecule has 0 saturated carbocycles. The summed E-state index contributed by atoms with van der Waals surface area (Å²) < 4.78 is 5.25. The molecule has 0 aliphatic carbocycles. The van der Waals surface area contributed by atoms with Crippen molar-refractivity contribution in [1.82, 2.24) is 5.32 Å². The molecular weight excluding hydrogens is 236 g/mol. The van der Waals surface area contributed by atoms with Crippen molar-refractivity contribution in [3.8, 4) is 5.75 Å². The Hall–Kier alpha value is -1.22. The van der Waals surface area contributed by atoms with Gasteiger partial charge in [0.15, 0.2) is 0 Å². The van der Waals surface area contributed by atoms with Gasteiger partial charge in [0, 0.05) is 24.8 Å². The summed E-state index contributed by atoms with van der Waals surface area (Å²) in [6, 6.07) is 9.76. The third-order valence-corrected chi connectivity index (χ3v) is 4.66. The van der Waals surface area contributed by atoms with Gasteiger partial charge in [-0.2, -0.15) is 0 Å². The van der Waals surface area contributed by atoms with Crippen LogP contribution < -0.4 is 15.0 Å². The van der Waals surface area contributed by atoms with Crippen LogP contribution >= 0.6 is 0 Å². The van der Waals surface area contributed by atoms with Crippen molar-refractivity contribution in [2.75, 3.05) is 25.1 Å². The predicted molar refractivity (Wildman–Crippen MR) is 78.9 cm³/mol. The highest BCUT2D eigenvalue weighted by Gasteiger charge is 2.46. The highest BCUT2D eigenvalue weighted by atomic mass is 16.5. The molecule has 3 nitrogen and oxygen atoms in total. The van der Waals surface area contributed by atoms with Gasteiger partial charge in [-0.25, -0.2) is 0 Å². The molecule has 2 saturated heterocycles. The standard InChI is InChI=1S/C16H24N2O/c1-16(2)11-17-14-5-4-10-18(15(14)16)12-6-8-13(19-3)9-7-12/h6-9,14-15,17H,4-5,10-11H2,1-3H3. The molecule has 2 aliphatic heterocycles. The number of anilines is 1. The minimum atomic E-state index is 0.338. The Morgan fingerprint density at radius 1 is 1.26 bits per heavy atom. The molecule has 0 aromatic heterocycles. The van der Waals surface area contributed by atoms with Crippen LogP contribution in [0.5, 0.6) is 5.75 Å². The SMILES string of the molecule is COc1ccc(N2CCCC3NCC(C)(C)C32)cc1. The fourth-order valence-electron chi connectivity index (χ4n) is 3.74. The Bertz CT molecular complexity index is 441. The number of nitrogens with zero attached hydrogens (tertiary/aromatic N) is 1. The lowest BCUT2D eigenvalue weighted by molar-refractivity contribution is 0.291. The third kappa shape index (κ3) is 2.20. The van der Waals surface area contributed by atoms with Crippen LogP contribution in [-0.2, 0) is 0 Å². The van der Waals surface area contributed by atoms with E-state index in [9.17, 15) is 0 Å². The fourth-order valence-corrected chi connectivity index (χ4v) is 3.74. The molecule has 0 amide bonds. The number of rotatable bonds is 2. The lowest BCUT2D eigenvalue weighted by Gasteiger charge is -2.44. The Morgan fingerprint density at radius 3 is 2.68 bits per heavy atom. The van der Waals surface area contributed by atoms with E-state index in [1.54, 1.807) is 7.11 Å². The number of fused-ring (bicyclic) bond motifs is 1. The molecule has 0 radical (unpaired) electrons. The summed E-state index contributed by atoms with van der Waals surface area (Å²) in [5.74, 6) is 0.932. The largest absolute Gasteiger partial charge is 0.497 e. The molecule has 1 aromatic carbocycles.